The van der Waals surface area contributed by atoms with Crippen molar-refractivity contribution in [3.63, 3.8) is 0 Å². The van der Waals surface area contributed by atoms with Crippen LogP contribution in [0.4, 0.5) is 5.00 Å². The zero-order valence-corrected chi connectivity index (χ0v) is 10.4. The highest BCUT2D eigenvalue weighted by molar-refractivity contribution is 7.98. The average molecular weight is 258 g/mol. The van der Waals surface area contributed by atoms with Gasteiger partial charge in [-0.15, -0.1) is 10.2 Å². The molecule has 0 radical (unpaired) electrons. The molecule has 7 nitrogen and oxygen atoms in total. The van der Waals surface area contributed by atoms with Crippen molar-refractivity contribution in [2.24, 2.45) is 7.05 Å². The monoisotopic (exact) mass is 258 g/mol. The number of aromatic nitrogens is 5. The van der Waals surface area contributed by atoms with E-state index in [4.69, 9.17) is 0 Å². The van der Waals surface area contributed by atoms with Crippen molar-refractivity contribution < 1.29 is 0 Å². The first-order chi connectivity index (χ1) is 7.72. The van der Waals surface area contributed by atoms with Gasteiger partial charge in [-0.3, -0.25) is 4.57 Å². The molecule has 9 heteroatoms. The van der Waals surface area contributed by atoms with Crippen LogP contribution in [0, 0.1) is 0 Å². The summed E-state index contributed by atoms with van der Waals surface area (Å²) in [5.41, 5.74) is 0.653. The molecular formula is C7H10N6OS2. The molecular weight excluding hydrogens is 248 g/mol. The molecule has 0 unspecified atom stereocenters. The number of hydrogen-bond acceptors (Lipinski definition) is 7. The maximum Gasteiger partial charge on any atom is 0.343 e. The Morgan fingerprint density at radius 1 is 1.62 bits per heavy atom. The lowest BCUT2D eigenvalue weighted by atomic mass is 10.5. The summed E-state index contributed by atoms with van der Waals surface area (Å²) < 4.78 is 5.31. The lowest BCUT2D eigenvalue weighted by Crippen LogP contribution is -2.12. The van der Waals surface area contributed by atoms with E-state index in [0.717, 1.165) is 10.7 Å². The smallest absolute Gasteiger partial charge is 0.343 e. The molecule has 2 aromatic rings. The first kappa shape index (κ1) is 11.1. The van der Waals surface area contributed by atoms with Crippen LogP contribution in [0.25, 0.3) is 0 Å². The molecule has 0 amide bonds. The SMILES string of the molecule is CNc1snnc1CSc1n[nH]c(=O)n1C. The van der Waals surface area contributed by atoms with E-state index in [0.29, 0.717) is 10.9 Å². The van der Waals surface area contributed by atoms with Crippen LogP contribution in [0.3, 0.4) is 0 Å². The number of thioether (sulfide) groups is 1. The van der Waals surface area contributed by atoms with Gasteiger partial charge in [0.1, 0.15) is 10.7 Å². The largest absolute Gasteiger partial charge is 0.377 e. The first-order valence-electron chi connectivity index (χ1n) is 4.45. The van der Waals surface area contributed by atoms with E-state index >= 15 is 0 Å². The van der Waals surface area contributed by atoms with Crippen LogP contribution in [0.2, 0.25) is 0 Å². The topological polar surface area (TPSA) is 88.5 Å². The molecule has 0 aromatic carbocycles. The van der Waals surface area contributed by atoms with Crippen molar-refractivity contribution in [3.8, 4) is 0 Å². The molecule has 0 bridgehead atoms. The molecule has 0 atom stereocenters. The highest BCUT2D eigenvalue weighted by Crippen LogP contribution is 2.24. The molecule has 0 spiro atoms. The molecule has 2 N–H and O–H groups in total. The van der Waals surface area contributed by atoms with Crippen molar-refractivity contribution in [3.05, 3.63) is 16.2 Å². The fourth-order valence-corrected chi connectivity index (χ4v) is 2.56. The summed E-state index contributed by atoms with van der Waals surface area (Å²) in [6, 6.07) is 0. The fourth-order valence-electron chi connectivity index (χ4n) is 1.09. The Kier molecular flexibility index (Phi) is 3.25. The zero-order valence-electron chi connectivity index (χ0n) is 8.72. The Morgan fingerprint density at radius 2 is 2.44 bits per heavy atom. The number of rotatable bonds is 4. The second kappa shape index (κ2) is 4.66. The quantitative estimate of drug-likeness (QED) is 0.766. The van der Waals surface area contributed by atoms with E-state index in [1.165, 1.54) is 27.9 Å². The zero-order chi connectivity index (χ0) is 11.5. The summed E-state index contributed by atoms with van der Waals surface area (Å²) >= 11 is 2.75. The summed E-state index contributed by atoms with van der Waals surface area (Å²) in [6.45, 7) is 0. The van der Waals surface area contributed by atoms with Gasteiger partial charge in [-0.2, -0.15) is 0 Å². The summed E-state index contributed by atoms with van der Waals surface area (Å²) in [6.07, 6.45) is 0. The van der Waals surface area contributed by atoms with Gasteiger partial charge in [0.25, 0.3) is 0 Å². The van der Waals surface area contributed by atoms with Crippen LogP contribution in [0.15, 0.2) is 9.95 Å². The fraction of sp³-hybridized carbons (Fsp3) is 0.429. The van der Waals surface area contributed by atoms with Crippen LogP contribution in [-0.2, 0) is 12.8 Å². The normalized spacial score (nSPS) is 10.6. The Bertz CT molecular complexity index is 529. The molecule has 0 aliphatic rings. The van der Waals surface area contributed by atoms with Crippen molar-refractivity contribution >= 4 is 28.3 Å². The van der Waals surface area contributed by atoms with Gasteiger partial charge in [0, 0.05) is 31.4 Å². The third kappa shape index (κ3) is 2.09. The highest BCUT2D eigenvalue weighted by atomic mass is 32.2. The summed E-state index contributed by atoms with van der Waals surface area (Å²) in [5.74, 6) is 0.630. The number of aromatic amines is 1. The molecule has 86 valence electrons. The second-order valence-corrected chi connectivity index (χ2v) is 4.65. The van der Waals surface area contributed by atoms with E-state index in [1.54, 1.807) is 7.05 Å². The van der Waals surface area contributed by atoms with Gasteiger partial charge in [-0.1, -0.05) is 16.3 Å². The van der Waals surface area contributed by atoms with Gasteiger partial charge in [0.15, 0.2) is 5.16 Å². The molecule has 0 saturated carbocycles. The highest BCUT2D eigenvalue weighted by Gasteiger charge is 2.10. The van der Waals surface area contributed by atoms with Gasteiger partial charge in [-0.05, 0) is 0 Å². The minimum absolute atomic E-state index is 0.215. The number of nitrogens with zero attached hydrogens (tertiary/aromatic N) is 4. The van der Waals surface area contributed by atoms with Crippen LogP contribution in [0.1, 0.15) is 5.69 Å². The molecule has 0 saturated heterocycles. The van der Waals surface area contributed by atoms with E-state index in [9.17, 15) is 4.79 Å². The molecule has 2 aromatic heterocycles. The molecule has 2 rings (SSSR count). The second-order valence-electron chi connectivity index (χ2n) is 2.96. The molecule has 16 heavy (non-hydrogen) atoms. The lowest BCUT2D eigenvalue weighted by Gasteiger charge is -1.99. The van der Waals surface area contributed by atoms with Gasteiger partial charge < -0.3 is 5.32 Å². The standard InChI is InChI=1S/C7H10N6OS2/c1-8-5-4(9-12-16-5)3-15-7-11-10-6(14)13(7)2/h8H,3H2,1-2H3,(H,10,14). The van der Waals surface area contributed by atoms with Crippen LogP contribution in [0.5, 0.6) is 0 Å². The Hall–Kier alpha value is -1.35. The predicted octanol–water partition coefficient (Wildman–Crippen LogP) is 0.294. The third-order valence-electron chi connectivity index (χ3n) is 1.96. The average Bonchev–Trinajstić information content (AvgIpc) is 2.86. The predicted molar refractivity (Wildman–Crippen MR) is 62.8 cm³/mol. The number of hydrogen-bond donors (Lipinski definition) is 2. The van der Waals surface area contributed by atoms with Crippen LogP contribution >= 0.6 is 23.3 Å². The van der Waals surface area contributed by atoms with Crippen molar-refractivity contribution in [1.82, 2.24) is 24.4 Å². The molecule has 0 fully saturated rings. The number of anilines is 1. The Morgan fingerprint density at radius 3 is 3.06 bits per heavy atom. The van der Waals surface area contributed by atoms with E-state index in [-0.39, 0.29) is 5.69 Å². The molecule has 0 aliphatic heterocycles. The third-order valence-corrected chi connectivity index (χ3v) is 3.79. The Labute approximate surface area is 99.4 Å². The summed E-state index contributed by atoms with van der Waals surface area (Å²) in [7, 11) is 3.50. The van der Waals surface area contributed by atoms with E-state index in [2.05, 4.69) is 25.1 Å². The van der Waals surface area contributed by atoms with Gasteiger partial charge in [-0.25, -0.2) is 9.89 Å². The Balaban J connectivity index is 2.08. The van der Waals surface area contributed by atoms with Crippen LogP contribution in [-0.4, -0.2) is 31.4 Å². The van der Waals surface area contributed by atoms with Gasteiger partial charge in [0.05, 0.1) is 0 Å². The number of nitrogens with one attached hydrogen (secondary N) is 2. The van der Waals surface area contributed by atoms with Gasteiger partial charge in [0.2, 0.25) is 0 Å². The maximum absolute atomic E-state index is 11.1. The van der Waals surface area contributed by atoms with E-state index < -0.39 is 0 Å². The first-order valence-corrected chi connectivity index (χ1v) is 6.21. The molecule has 2 heterocycles. The maximum atomic E-state index is 11.1. The number of H-pyrrole nitrogens is 1. The lowest BCUT2D eigenvalue weighted by molar-refractivity contribution is 0.765. The summed E-state index contributed by atoms with van der Waals surface area (Å²) in [5, 5.41) is 14.9. The van der Waals surface area contributed by atoms with Crippen molar-refractivity contribution in [2.75, 3.05) is 12.4 Å². The van der Waals surface area contributed by atoms with Crippen molar-refractivity contribution in [2.45, 2.75) is 10.9 Å². The van der Waals surface area contributed by atoms with Crippen LogP contribution < -0.4 is 11.0 Å². The van der Waals surface area contributed by atoms with E-state index in [1.807, 2.05) is 7.05 Å². The minimum Gasteiger partial charge on any atom is -0.377 e. The van der Waals surface area contributed by atoms with Crippen molar-refractivity contribution in [1.29, 1.82) is 0 Å². The summed E-state index contributed by atoms with van der Waals surface area (Å²) in [4.78, 5) is 11.1. The molecule has 0 aliphatic carbocycles. The minimum atomic E-state index is -0.215. The van der Waals surface area contributed by atoms with Gasteiger partial charge >= 0.3 is 5.69 Å².